The standard InChI is InChI=1S/C18H34O6Si2/c1-7-12-26(21-6)24-25(13-8-10-22-17(19)15(2)3)14-9-11-23-18(20)16(4)5/h25-26H,2,4,7-14H2,1,3,5-6H3. The van der Waals surface area contributed by atoms with Crippen LogP contribution in [0.15, 0.2) is 24.3 Å². The second kappa shape index (κ2) is 14.9. The van der Waals surface area contributed by atoms with E-state index >= 15 is 0 Å². The molecule has 8 heteroatoms. The summed E-state index contributed by atoms with van der Waals surface area (Å²) in [5.41, 5.74) is 0.813. The molecular formula is C18H34O6Si2. The van der Waals surface area contributed by atoms with Gasteiger partial charge in [0.1, 0.15) is 0 Å². The minimum absolute atomic E-state index is 0.356. The Hall–Kier alpha value is -1.23. The highest BCUT2D eigenvalue weighted by atomic mass is 28.4. The highest BCUT2D eigenvalue weighted by Crippen LogP contribution is 2.13. The minimum atomic E-state index is -1.63. The molecule has 0 rings (SSSR count). The Morgan fingerprint density at radius 3 is 1.69 bits per heavy atom. The number of esters is 2. The number of rotatable bonds is 15. The van der Waals surface area contributed by atoms with E-state index in [0.29, 0.717) is 24.4 Å². The van der Waals surface area contributed by atoms with Crippen LogP contribution in [-0.2, 0) is 27.6 Å². The van der Waals surface area contributed by atoms with E-state index in [0.717, 1.165) is 37.4 Å². The molecule has 0 saturated carbocycles. The highest BCUT2D eigenvalue weighted by molar-refractivity contribution is 6.63. The summed E-state index contributed by atoms with van der Waals surface area (Å²) in [5.74, 6) is -0.711. The van der Waals surface area contributed by atoms with E-state index in [2.05, 4.69) is 20.1 Å². The third-order valence-electron chi connectivity index (χ3n) is 3.64. The van der Waals surface area contributed by atoms with E-state index in [-0.39, 0.29) is 11.9 Å². The maximum atomic E-state index is 11.4. The average molecular weight is 403 g/mol. The molecule has 0 fully saturated rings. The van der Waals surface area contributed by atoms with Gasteiger partial charge in [0.05, 0.1) is 13.2 Å². The van der Waals surface area contributed by atoms with Crippen LogP contribution in [-0.4, -0.2) is 50.6 Å². The van der Waals surface area contributed by atoms with Crippen molar-refractivity contribution in [2.45, 2.75) is 58.2 Å². The van der Waals surface area contributed by atoms with Gasteiger partial charge in [0, 0.05) is 18.3 Å². The number of ether oxygens (including phenoxy) is 2. The first-order valence-electron chi connectivity index (χ1n) is 9.15. The number of hydrogen-bond acceptors (Lipinski definition) is 6. The Kier molecular flexibility index (Phi) is 14.2. The fourth-order valence-electron chi connectivity index (χ4n) is 2.17. The summed E-state index contributed by atoms with van der Waals surface area (Å²) in [4.78, 5) is 22.8. The molecule has 0 aliphatic heterocycles. The third kappa shape index (κ3) is 12.2. The van der Waals surface area contributed by atoms with Crippen LogP contribution in [0.4, 0.5) is 0 Å². The minimum Gasteiger partial charge on any atom is -0.462 e. The van der Waals surface area contributed by atoms with E-state index in [1.165, 1.54) is 0 Å². The fraction of sp³-hybridized carbons (Fsp3) is 0.667. The van der Waals surface area contributed by atoms with Gasteiger partial charge in [-0.25, -0.2) is 9.59 Å². The second-order valence-electron chi connectivity index (χ2n) is 6.33. The van der Waals surface area contributed by atoms with Crippen LogP contribution >= 0.6 is 0 Å². The van der Waals surface area contributed by atoms with E-state index < -0.39 is 18.3 Å². The van der Waals surface area contributed by atoms with Crippen molar-refractivity contribution in [2.24, 2.45) is 0 Å². The van der Waals surface area contributed by atoms with E-state index in [1.54, 1.807) is 21.0 Å². The Bertz CT molecular complexity index is 433. The Morgan fingerprint density at radius 1 is 0.885 bits per heavy atom. The van der Waals surface area contributed by atoms with Gasteiger partial charge in [-0.1, -0.05) is 26.5 Å². The van der Waals surface area contributed by atoms with Crippen molar-refractivity contribution in [3.05, 3.63) is 24.3 Å². The molecule has 0 aliphatic rings. The summed E-state index contributed by atoms with van der Waals surface area (Å²) in [6.07, 6.45) is 2.56. The lowest BCUT2D eigenvalue weighted by Crippen LogP contribution is -2.31. The van der Waals surface area contributed by atoms with E-state index in [1.807, 2.05) is 0 Å². The summed E-state index contributed by atoms with van der Waals surface area (Å²) in [5, 5.41) is 0. The first-order chi connectivity index (χ1) is 12.3. The summed E-state index contributed by atoms with van der Waals surface area (Å²) >= 11 is 0. The smallest absolute Gasteiger partial charge is 0.333 e. The van der Waals surface area contributed by atoms with Crippen LogP contribution in [0.3, 0.4) is 0 Å². The molecule has 0 spiro atoms. The molecule has 0 aromatic heterocycles. The molecule has 0 aromatic carbocycles. The maximum Gasteiger partial charge on any atom is 0.333 e. The van der Waals surface area contributed by atoms with Crippen molar-refractivity contribution in [2.75, 3.05) is 20.3 Å². The Labute approximate surface area is 161 Å². The Balaban J connectivity index is 4.35. The van der Waals surface area contributed by atoms with Gasteiger partial charge in [-0.15, -0.1) is 0 Å². The van der Waals surface area contributed by atoms with Crippen molar-refractivity contribution in [1.82, 2.24) is 0 Å². The van der Waals surface area contributed by atoms with Crippen molar-refractivity contribution in [1.29, 1.82) is 0 Å². The molecule has 0 saturated heterocycles. The molecule has 6 nitrogen and oxygen atoms in total. The first kappa shape index (κ1) is 24.8. The van der Waals surface area contributed by atoms with E-state index in [4.69, 9.17) is 18.0 Å². The predicted molar refractivity (Wildman–Crippen MR) is 108 cm³/mol. The molecule has 0 bridgehead atoms. The SMILES string of the molecule is C=C(C)C(=O)OCCC[SiH](CCCOC(=O)C(=C)C)O[SiH](CCC)OC. The lowest BCUT2D eigenvalue weighted by atomic mass is 10.4. The van der Waals surface area contributed by atoms with Crippen LogP contribution in [0.1, 0.15) is 40.0 Å². The molecule has 0 aliphatic carbocycles. The van der Waals surface area contributed by atoms with Crippen molar-refractivity contribution in [3.63, 3.8) is 0 Å². The summed E-state index contributed by atoms with van der Waals surface area (Å²) in [7, 11) is -1.42. The lowest BCUT2D eigenvalue weighted by Gasteiger charge is -2.22. The zero-order valence-electron chi connectivity index (χ0n) is 16.7. The largest absolute Gasteiger partial charge is 0.462 e. The first-order valence-corrected chi connectivity index (χ1v) is 13.0. The molecular weight excluding hydrogens is 368 g/mol. The molecule has 1 atom stereocenters. The van der Waals surface area contributed by atoms with Gasteiger partial charge in [-0.05, 0) is 44.8 Å². The number of carbonyl (C=O) groups excluding carboxylic acids is 2. The monoisotopic (exact) mass is 402 g/mol. The van der Waals surface area contributed by atoms with Gasteiger partial charge < -0.3 is 18.0 Å². The van der Waals surface area contributed by atoms with Gasteiger partial charge in [-0.2, -0.15) is 0 Å². The van der Waals surface area contributed by atoms with Crippen LogP contribution < -0.4 is 0 Å². The van der Waals surface area contributed by atoms with Crippen LogP contribution in [0.25, 0.3) is 0 Å². The average Bonchev–Trinajstić information content (AvgIpc) is 2.60. The summed E-state index contributed by atoms with van der Waals surface area (Å²) in [6.45, 7) is 13.3. The predicted octanol–water partition coefficient (Wildman–Crippen LogP) is 3.02. The molecule has 26 heavy (non-hydrogen) atoms. The van der Waals surface area contributed by atoms with Gasteiger partial charge in [0.25, 0.3) is 0 Å². The van der Waals surface area contributed by atoms with Gasteiger partial charge >= 0.3 is 21.2 Å². The maximum absolute atomic E-state index is 11.4. The third-order valence-corrected chi connectivity index (χ3v) is 10.1. The topological polar surface area (TPSA) is 71.1 Å². The van der Waals surface area contributed by atoms with Crippen molar-refractivity contribution < 1.29 is 27.6 Å². The van der Waals surface area contributed by atoms with Crippen molar-refractivity contribution in [3.8, 4) is 0 Å². The quantitative estimate of drug-likeness (QED) is 0.181. The summed E-state index contributed by atoms with van der Waals surface area (Å²) < 4.78 is 22.1. The van der Waals surface area contributed by atoms with Crippen LogP contribution in [0, 0.1) is 0 Å². The summed E-state index contributed by atoms with van der Waals surface area (Å²) in [6, 6.07) is 2.78. The zero-order chi connectivity index (χ0) is 19.9. The molecule has 0 aromatic rings. The Morgan fingerprint density at radius 2 is 1.35 bits per heavy atom. The second-order valence-corrected chi connectivity index (χ2v) is 11.7. The number of carbonyl (C=O) groups is 2. The highest BCUT2D eigenvalue weighted by Gasteiger charge is 2.20. The van der Waals surface area contributed by atoms with Gasteiger partial charge in [0.2, 0.25) is 0 Å². The molecule has 0 amide bonds. The van der Waals surface area contributed by atoms with Crippen LogP contribution in [0.5, 0.6) is 0 Å². The van der Waals surface area contributed by atoms with E-state index in [9.17, 15) is 9.59 Å². The molecule has 150 valence electrons. The molecule has 0 radical (unpaired) electrons. The molecule has 0 heterocycles. The normalized spacial score (nSPS) is 11.9. The van der Waals surface area contributed by atoms with Gasteiger partial charge in [-0.3, -0.25) is 0 Å². The zero-order valence-corrected chi connectivity index (χ0v) is 19.0. The fourth-order valence-corrected chi connectivity index (χ4v) is 8.20. The molecule has 1 unspecified atom stereocenters. The number of hydrogen-bond donors (Lipinski definition) is 0. The lowest BCUT2D eigenvalue weighted by molar-refractivity contribution is -0.139. The van der Waals surface area contributed by atoms with Crippen molar-refractivity contribution >= 4 is 30.3 Å². The van der Waals surface area contributed by atoms with Gasteiger partial charge in [0.15, 0.2) is 9.04 Å². The van der Waals surface area contributed by atoms with Crippen LogP contribution in [0.2, 0.25) is 18.1 Å². The molecule has 0 N–H and O–H groups in total.